The van der Waals surface area contributed by atoms with Gasteiger partial charge in [-0.15, -0.1) is 0 Å². The van der Waals surface area contributed by atoms with Crippen LogP contribution in [-0.4, -0.2) is 36.6 Å². The molecule has 2 aliphatic rings. The van der Waals surface area contributed by atoms with E-state index in [0.717, 1.165) is 18.0 Å². The number of piperazine rings is 1. The smallest absolute Gasteiger partial charge is 0.0218 e. The molecule has 0 aromatic carbocycles. The molecule has 1 N–H and O–H groups in total. The van der Waals surface area contributed by atoms with Gasteiger partial charge in [-0.1, -0.05) is 26.7 Å². The zero-order chi connectivity index (χ0) is 10.7. The van der Waals surface area contributed by atoms with Gasteiger partial charge >= 0.3 is 0 Å². The van der Waals surface area contributed by atoms with Crippen LogP contribution in [0.1, 0.15) is 46.0 Å². The number of rotatable bonds is 5. The van der Waals surface area contributed by atoms with Gasteiger partial charge in [0.2, 0.25) is 0 Å². The Balaban J connectivity index is 1.79. The van der Waals surface area contributed by atoms with Crippen molar-refractivity contribution in [3.63, 3.8) is 0 Å². The molecule has 2 heteroatoms. The summed E-state index contributed by atoms with van der Waals surface area (Å²) < 4.78 is 0. The molecule has 0 amide bonds. The van der Waals surface area contributed by atoms with Gasteiger partial charge in [-0.3, -0.25) is 4.90 Å². The fraction of sp³-hybridized carbons (Fsp3) is 1.00. The number of hydrogen-bond acceptors (Lipinski definition) is 2. The third-order valence-electron chi connectivity index (χ3n) is 4.10. The summed E-state index contributed by atoms with van der Waals surface area (Å²) >= 11 is 0. The summed E-state index contributed by atoms with van der Waals surface area (Å²) in [6.45, 7) is 8.45. The largest absolute Gasteiger partial charge is 0.311 e. The van der Waals surface area contributed by atoms with Crippen molar-refractivity contribution >= 4 is 0 Å². The second-order valence-corrected chi connectivity index (χ2v) is 5.30. The highest BCUT2D eigenvalue weighted by Crippen LogP contribution is 2.32. The Bertz CT molecular complexity index is 189. The highest BCUT2D eigenvalue weighted by Gasteiger charge is 2.28. The Morgan fingerprint density at radius 3 is 2.60 bits per heavy atom. The molecule has 0 aromatic rings. The number of hydrogen-bond donors (Lipinski definition) is 1. The highest BCUT2D eigenvalue weighted by atomic mass is 15.2. The standard InChI is InChI=1S/C13H26N2/c1-3-12-10-15(8-7-11-5-6-11)13(4-2)9-14-12/h11-14H,3-10H2,1-2H3. The zero-order valence-corrected chi connectivity index (χ0v) is 10.3. The van der Waals surface area contributed by atoms with E-state index < -0.39 is 0 Å². The average molecular weight is 210 g/mol. The summed E-state index contributed by atoms with van der Waals surface area (Å²) in [4.78, 5) is 2.74. The van der Waals surface area contributed by atoms with Gasteiger partial charge in [0.25, 0.3) is 0 Å². The van der Waals surface area contributed by atoms with Gasteiger partial charge in [0.05, 0.1) is 0 Å². The maximum atomic E-state index is 3.66. The van der Waals surface area contributed by atoms with Gasteiger partial charge in [0, 0.05) is 25.2 Å². The second kappa shape index (κ2) is 5.31. The maximum absolute atomic E-state index is 3.66. The molecular weight excluding hydrogens is 184 g/mol. The van der Waals surface area contributed by atoms with Crippen molar-refractivity contribution in [1.29, 1.82) is 0 Å². The molecule has 2 atom stereocenters. The maximum Gasteiger partial charge on any atom is 0.0218 e. The molecule has 1 aliphatic heterocycles. The van der Waals surface area contributed by atoms with Crippen LogP contribution < -0.4 is 5.32 Å². The van der Waals surface area contributed by atoms with Crippen molar-refractivity contribution < 1.29 is 0 Å². The van der Waals surface area contributed by atoms with Crippen LogP contribution in [-0.2, 0) is 0 Å². The molecule has 2 fully saturated rings. The molecule has 2 unspecified atom stereocenters. The Hall–Kier alpha value is -0.0800. The van der Waals surface area contributed by atoms with Gasteiger partial charge < -0.3 is 5.32 Å². The quantitative estimate of drug-likeness (QED) is 0.749. The molecular formula is C13H26N2. The summed E-state index contributed by atoms with van der Waals surface area (Å²) in [6, 6.07) is 1.54. The average Bonchev–Trinajstić information content (AvgIpc) is 3.09. The molecule has 1 saturated carbocycles. The molecule has 1 saturated heterocycles. The summed E-state index contributed by atoms with van der Waals surface area (Å²) in [7, 11) is 0. The molecule has 0 spiro atoms. The predicted molar refractivity (Wildman–Crippen MR) is 65.1 cm³/mol. The lowest BCUT2D eigenvalue weighted by molar-refractivity contribution is 0.121. The van der Waals surface area contributed by atoms with E-state index in [4.69, 9.17) is 0 Å². The van der Waals surface area contributed by atoms with Crippen molar-refractivity contribution in [2.24, 2.45) is 5.92 Å². The number of nitrogens with zero attached hydrogens (tertiary/aromatic N) is 1. The van der Waals surface area contributed by atoms with E-state index in [9.17, 15) is 0 Å². The van der Waals surface area contributed by atoms with Crippen molar-refractivity contribution in [2.45, 2.75) is 58.0 Å². The summed E-state index contributed by atoms with van der Waals surface area (Å²) in [5, 5.41) is 3.66. The van der Waals surface area contributed by atoms with Crippen molar-refractivity contribution in [3.05, 3.63) is 0 Å². The number of nitrogens with one attached hydrogen (secondary N) is 1. The first-order chi connectivity index (χ1) is 7.33. The lowest BCUT2D eigenvalue weighted by Crippen LogP contribution is -2.56. The predicted octanol–water partition coefficient (Wildman–Crippen LogP) is 2.25. The third-order valence-corrected chi connectivity index (χ3v) is 4.10. The Morgan fingerprint density at radius 2 is 2.00 bits per heavy atom. The van der Waals surface area contributed by atoms with Crippen LogP contribution in [0.25, 0.3) is 0 Å². The van der Waals surface area contributed by atoms with Crippen LogP contribution in [0.3, 0.4) is 0 Å². The van der Waals surface area contributed by atoms with Gasteiger partial charge in [-0.05, 0) is 31.7 Å². The van der Waals surface area contributed by atoms with E-state index in [1.54, 1.807) is 0 Å². The van der Waals surface area contributed by atoms with Crippen LogP contribution >= 0.6 is 0 Å². The van der Waals surface area contributed by atoms with Crippen molar-refractivity contribution in [2.75, 3.05) is 19.6 Å². The molecule has 0 bridgehead atoms. The highest BCUT2D eigenvalue weighted by molar-refractivity contribution is 4.86. The Morgan fingerprint density at radius 1 is 1.20 bits per heavy atom. The first-order valence-electron chi connectivity index (χ1n) is 6.80. The van der Waals surface area contributed by atoms with Gasteiger partial charge in [0.1, 0.15) is 0 Å². The third kappa shape index (κ3) is 3.18. The van der Waals surface area contributed by atoms with Gasteiger partial charge in [-0.25, -0.2) is 0 Å². The molecule has 1 heterocycles. The van der Waals surface area contributed by atoms with E-state index in [-0.39, 0.29) is 0 Å². The van der Waals surface area contributed by atoms with Crippen LogP contribution in [0.4, 0.5) is 0 Å². The van der Waals surface area contributed by atoms with E-state index in [1.165, 1.54) is 51.7 Å². The van der Waals surface area contributed by atoms with Crippen LogP contribution in [0.2, 0.25) is 0 Å². The van der Waals surface area contributed by atoms with E-state index >= 15 is 0 Å². The fourth-order valence-electron chi connectivity index (χ4n) is 2.63. The monoisotopic (exact) mass is 210 g/mol. The molecule has 0 radical (unpaired) electrons. The topological polar surface area (TPSA) is 15.3 Å². The van der Waals surface area contributed by atoms with Crippen LogP contribution in [0.15, 0.2) is 0 Å². The molecule has 0 aromatic heterocycles. The van der Waals surface area contributed by atoms with Gasteiger partial charge in [0.15, 0.2) is 0 Å². The van der Waals surface area contributed by atoms with Crippen LogP contribution in [0.5, 0.6) is 0 Å². The van der Waals surface area contributed by atoms with Crippen molar-refractivity contribution in [1.82, 2.24) is 10.2 Å². The SMILES string of the molecule is CCC1CN(CCC2CC2)C(CC)CN1. The normalized spacial score (nSPS) is 33.2. The summed E-state index contributed by atoms with van der Waals surface area (Å²) in [5.74, 6) is 1.08. The molecule has 1 aliphatic carbocycles. The van der Waals surface area contributed by atoms with Crippen LogP contribution in [0, 0.1) is 5.92 Å². The minimum atomic E-state index is 0.743. The minimum Gasteiger partial charge on any atom is -0.311 e. The molecule has 88 valence electrons. The lowest BCUT2D eigenvalue weighted by atomic mass is 10.0. The van der Waals surface area contributed by atoms with Gasteiger partial charge in [-0.2, -0.15) is 0 Å². The lowest BCUT2D eigenvalue weighted by Gasteiger charge is -2.40. The summed E-state index contributed by atoms with van der Waals surface area (Å²) in [6.07, 6.45) is 7.03. The Labute approximate surface area is 94.4 Å². The van der Waals surface area contributed by atoms with E-state index in [2.05, 4.69) is 24.1 Å². The zero-order valence-electron chi connectivity index (χ0n) is 10.3. The minimum absolute atomic E-state index is 0.743. The second-order valence-electron chi connectivity index (χ2n) is 5.30. The summed E-state index contributed by atoms with van der Waals surface area (Å²) in [5.41, 5.74) is 0. The molecule has 15 heavy (non-hydrogen) atoms. The van der Waals surface area contributed by atoms with E-state index in [1.807, 2.05) is 0 Å². The van der Waals surface area contributed by atoms with Crippen molar-refractivity contribution in [3.8, 4) is 0 Å². The molecule has 2 nitrogen and oxygen atoms in total. The van der Waals surface area contributed by atoms with E-state index in [0.29, 0.717) is 0 Å². The first kappa shape index (κ1) is 11.4. The fourth-order valence-corrected chi connectivity index (χ4v) is 2.63. The Kier molecular flexibility index (Phi) is 4.04. The molecule has 2 rings (SSSR count). The first-order valence-corrected chi connectivity index (χ1v) is 6.80.